The lowest BCUT2D eigenvalue weighted by Gasteiger charge is -2.19. The van der Waals surface area contributed by atoms with Crippen LogP contribution in [0.3, 0.4) is 0 Å². The molecule has 0 fully saturated rings. The van der Waals surface area contributed by atoms with Gasteiger partial charge in [-0.15, -0.1) is 0 Å². The summed E-state index contributed by atoms with van der Waals surface area (Å²) in [6.45, 7) is 0.688. The molecule has 1 unspecified atom stereocenters. The lowest BCUT2D eigenvalue weighted by molar-refractivity contribution is -0.0503. The Morgan fingerprint density at radius 2 is 1.62 bits per heavy atom. The summed E-state index contributed by atoms with van der Waals surface area (Å²) in [5.41, 5.74) is 2.93. The topological polar surface area (TPSA) is 9.23 Å². The van der Waals surface area contributed by atoms with Gasteiger partial charge in [0.2, 0.25) is 0 Å². The second-order valence-corrected chi connectivity index (χ2v) is 5.65. The van der Waals surface area contributed by atoms with Crippen molar-refractivity contribution in [1.82, 2.24) is 0 Å². The van der Waals surface area contributed by atoms with Crippen LogP contribution in [-0.2, 0) is 0 Å². The predicted octanol–water partition coefficient (Wildman–Crippen LogP) is 5.53. The zero-order valence-corrected chi connectivity index (χ0v) is 13.1. The first kappa shape index (κ1) is 15.9. The van der Waals surface area contributed by atoms with Crippen molar-refractivity contribution in [3.63, 3.8) is 0 Å². The molecule has 0 aliphatic rings. The summed E-state index contributed by atoms with van der Waals surface area (Å²) < 4.78 is 42.9. The highest BCUT2D eigenvalue weighted by atomic mass is 79.9. The molecule has 2 aromatic carbocycles. The average molecular weight is 359 g/mol. The van der Waals surface area contributed by atoms with E-state index in [1.165, 1.54) is 18.2 Å². The van der Waals surface area contributed by atoms with Gasteiger partial charge in [0, 0.05) is 5.56 Å². The summed E-state index contributed by atoms with van der Waals surface area (Å²) in [5.74, 6) is -0.205. The Morgan fingerprint density at radius 1 is 1.05 bits per heavy atom. The van der Waals surface area contributed by atoms with Crippen molar-refractivity contribution in [1.29, 1.82) is 0 Å². The molecule has 0 aromatic heterocycles. The predicted molar refractivity (Wildman–Crippen MR) is 79.7 cm³/mol. The molecule has 0 N–H and O–H groups in total. The summed E-state index contributed by atoms with van der Waals surface area (Å²) >= 11 is 3.51. The van der Waals surface area contributed by atoms with Gasteiger partial charge in [-0.1, -0.05) is 34.1 Å². The van der Waals surface area contributed by atoms with Crippen LogP contribution < -0.4 is 4.74 Å². The van der Waals surface area contributed by atoms with Crippen LogP contribution in [-0.4, -0.2) is 6.61 Å². The lowest BCUT2D eigenvalue weighted by atomic mass is 9.95. The second kappa shape index (κ2) is 6.52. The first-order chi connectivity index (χ1) is 9.90. The van der Waals surface area contributed by atoms with Crippen LogP contribution in [0.4, 0.5) is 13.2 Å². The van der Waals surface area contributed by atoms with E-state index in [1.54, 1.807) is 32.0 Å². The molecule has 0 heterocycles. The standard InChI is InChI=1S/C16H14BrF3O/c1-9-7-11(18)8-10(2)14(9)15(17)12-5-3-4-6-13(12)21-16(19)20/h3-8,15-16H,1-2H3. The summed E-state index contributed by atoms with van der Waals surface area (Å²) in [4.78, 5) is -0.354. The smallest absolute Gasteiger partial charge is 0.387 e. The zero-order valence-electron chi connectivity index (χ0n) is 11.5. The minimum absolute atomic E-state index is 0.109. The molecule has 0 saturated carbocycles. The van der Waals surface area contributed by atoms with E-state index in [0.29, 0.717) is 5.56 Å². The molecule has 0 bridgehead atoms. The monoisotopic (exact) mass is 358 g/mol. The number of hydrogen-bond acceptors (Lipinski definition) is 1. The van der Waals surface area contributed by atoms with E-state index in [4.69, 9.17) is 0 Å². The van der Waals surface area contributed by atoms with Crippen molar-refractivity contribution < 1.29 is 17.9 Å². The molecule has 0 saturated heterocycles. The van der Waals surface area contributed by atoms with Crippen LogP contribution in [0.1, 0.15) is 27.1 Å². The van der Waals surface area contributed by atoms with Gasteiger partial charge in [-0.2, -0.15) is 8.78 Å². The normalized spacial score (nSPS) is 12.5. The van der Waals surface area contributed by atoms with Crippen LogP contribution in [0.15, 0.2) is 36.4 Å². The number of para-hydroxylation sites is 1. The molecule has 0 aliphatic heterocycles. The van der Waals surface area contributed by atoms with E-state index in [0.717, 1.165) is 16.7 Å². The number of halogens is 4. The molecule has 0 aliphatic carbocycles. The maximum Gasteiger partial charge on any atom is 0.387 e. The largest absolute Gasteiger partial charge is 0.434 e. The van der Waals surface area contributed by atoms with Gasteiger partial charge in [-0.25, -0.2) is 4.39 Å². The fourth-order valence-electron chi connectivity index (χ4n) is 2.37. The van der Waals surface area contributed by atoms with Crippen LogP contribution in [0, 0.1) is 19.7 Å². The van der Waals surface area contributed by atoms with Crippen LogP contribution >= 0.6 is 15.9 Å². The molecule has 21 heavy (non-hydrogen) atoms. The Balaban J connectivity index is 2.48. The molecular formula is C16H14BrF3O. The summed E-state index contributed by atoms with van der Waals surface area (Å²) in [5, 5.41) is 0. The maximum atomic E-state index is 13.4. The number of hydrogen-bond donors (Lipinski definition) is 0. The van der Waals surface area contributed by atoms with Crippen molar-refractivity contribution in [2.24, 2.45) is 0 Å². The third kappa shape index (κ3) is 3.59. The molecular weight excluding hydrogens is 345 g/mol. The van der Waals surface area contributed by atoms with Crippen molar-refractivity contribution in [3.8, 4) is 5.75 Å². The van der Waals surface area contributed by atoms with E-state index >= 15 is 0 Å². The molecule has 112 valence electrons. The first-order valence-electron chi connectivity index (χ1n) is 6.34. The van der Waals surface area contributed by atoms with Crippen LogP contribution in [0.5, 0.6) is 5.75 Å². The quantitative estimate of drug-likeness (QED) is 0.653. The van der Waals surface area contributed by atoms with Crippen molar-refractivity contribution in [3.05, 3.63) is 64.5 Å². The van der Waals surface area contributed by atoms with Crippen LogP contribution in [0.2, 0.25) is 0 Å². The zero-order chi connectivity index (χ0) is 15.6. The van der Waals surface area contributed by atoms with Gasteiger partial charge in [0.1, 0.15) is 11.6 Å². The van der Waals surface area contributed by atoms with Gasteiger partial charge in [-0.3, -0.25) is 0 Å². The Hall–Kier alpha value is -1.49. The van der Waals surface area contributed by atoms with Gasteiger partial charge < -0.3 is 4.74 Å². The minimum Gasteiger partial charge on any atom is -0.434 e. The lowest BCUT2D eigenvalue weighted by Crippen LogP contribution is -2.07. The highest BCUT2D eigenvalue weighted by Gasteiger charge is 2.21. The van der Waals surface area contributed by atoms with Crippen molar-refractivity contribution in [2.45, 2.75) is 25.3 Å². The Kier molecular flexibility index (Phi) is 4.93. The Morgan fingerprint density at radius 3 is 2.19 bits per heavy atom. The van der Waals surface area contributed by atoms with E-state index in [9.17, 15) is 13.2 Å². The summed E-state index contributed by atoms with van der Waals surface area (Å²) in [7, 11) is 0. The molecule has 0 amide bonds. The van der Waals surface area contributed by atoms with Gasteiger partial charge >= 0.3 is 6.61 Å². The van der Waals surface area contributed by atoms with Gasteiger partial charge in [0.15, 0.2) is 0 Å². The third-order valence-corrected chi connectivity index (χ3v) is 4.17. The first-order valence-corrected chi connectivity index (χ1v) is 7.26. The summed E-state index contributed by atoms with van der Waals surface area (Å²) in [6.07, 6.45) is 0. The average Bonchev–Trinajstić information content (AvgIpc) is 2.37. The molecule has 0 spiro atoms. The number of aryl methyl sites for hydroxylation is 2. The van der Waals surface area contributed by atoms with E-state index < -0.39 is 6.61 Å². The van der Waals surface area contributed by atoms with Gasteiger partial charge in [-0.05, 0) is 48.7 Å². The molecule has 1 nitrogen and oxygen atoms in total. The minimum atomic E-state index is -2.89. The highest BCUT2D eigenvalue weighted by molar-refractivity contribution is 9.09. The van der Waals surface area contributed by atoms with Gasteiger partial charge in [0.25, 0.3) is 0 Å². The second-order valence-electron chi connectivity index (χ2n) is 4.73. The van der Waals surface area contributed by atoms with E-state index in [-0.39, 0.29) is 16.4 Å². The maximum absolute atomic E-state index is 13.4. The molecule has 2 rings (SSSR count). The number of rotatable bonds is 4. The molecule has 1 atom stereocenters. The fraction of sp³-hybridized carbons (Fsp3) is 0.250. The van der Waals surface area contributed by atoms with E-state index in [1.807, 2.05) is 0 Å². The Labute approximate surface area is 129 Å². The molecule has 5 heteroatoms. The number of benzene rings is 2. The van der Waals surface area contributed by atoms with Gasteiger partial charge in [0.05, 0.1) is 4.83 Å². The Bertz CT molecular complexity index is 620. The molecule has 2 aromatic rings. The van der Waals surface area contributed by atoms with Crippen molar-refractivity contribution in [2.75, 3.05) is 0 Å². The molecule has 0 radical (unpaired) electrons. The third-order valence-electron chi connectivity index (χ3n) is 3.22. The fourth-order valence-corrected chi connectivity index (χ4v) is 3.47. The van der Waals surface area contributed by atoms with Crippen molar-refractivity contribution >= 4 is 15.9 Å². The number of alkyl halides is 3. The summed E-state index contributed by atoms with van der Waals surface area (Å²) in [6, 6.07) is 9.42. The SMILES string of the molecule is Cc1cc(F)cc(C)c1C(Br)c1ccccc1OC(F)F. The van der Waals surface area contributed by atoms with E-state index in [2.05, 4.69) is 20.7 Å². The number of ether oxygens (including phenoxy) is 1. The highest BCUT2D eigenvalue weighted by Crippen LogP contribution is 2.40. The van der Waals surface area contributed by atoms with Crippen LogP contribution in [0.25, 0.3) is 0 Å².